The maximum Gasteiger partial charge on any atom is 0.163 e. The molecule has 22 heavy (non-hydrogen) atoms. The van der Waals surface area contributed by atoms with Crippen LogP contribution in [0.25, 0.3) is 11.0 Å². The van der Waals surface area contributed by atoms with E-state index in [0.29, 0.717) is 6.04 Å². The van der Waals surface area contributed by atoms with Gasteiger partial charge in [0.2, 0.25) is 0 Å². The molecule has 2 heterocycles. The second kappa shape index (κ2) is 6.01. The number of para-hydroxylation sites is 1. The van der Waals surface area contributed by atoms with Gasteiger partial charge in [-0.15, -0.1) is 0 Å². The quantitative estimate of drug-likeness (QED) is 0.783. The molecule has 6 heteroatoms. The highest BCUT2D eigenvalue weighted by Crippen LogP contribution is 2.19. The van der Waals surface area contributed by atoms with Crippen molar-refractivity contribution in [1.82, 2.24) is 19.7 Å². The summed E-state index contributed by atoms with van der Waals surface area (Å²) < 4.78 is 1.75. The molecule has 1 aromatic carbocycles. The summed E-state index contributed by atoms with van der Waals surface area (Å²) in [7, 11) is 3.98. The first kappa shape index (κ1) is 14.3. The second-order valence-corrected chi connectivity index (χ2v) is 5.40. The van der Waals surface area contributed by atoms with Crippen LogP contribution in [0.4, 0.5) is 11.5 Å². The van der Waals surface area contributed by atoms with Crippen LogP contribution < -0.4 is 10.2 Å². The Bertz CT molecular complexity index is 752. The minimum Gasteiger partial charge on any atom is -0.370 e. The number of likely N-dealkylation sites (N-methyl/N-ethyl adjacent to an activating group) is 1. The highest BCUT2D eigenvalue weighted by Gasteiger charge is 2.12. The van der Waals surface area contributed by atoms with Gasteiger partial charge in [0.1, 0.15) is 12.1 Å². The number of nitrogens with one attached hydrogen (secondary N) is 1. The number of fused-ring (bicyclic) bond motifs is 1. The number of anilines is 2. The molecule has 3 rings (SSSR count). The molecule has 0 aliphatic rings. The van der Waals surface area contributed by atoms with Crippen molar-refractivity contribution >= 4 is 22.5 Å². The molecule has 0 amide bonds. The van der Waals surface area contributed by atoms with Gasteiger partial charge in [-0.25, -0.2) is 9.97 Å². The normalized spacial score (nSPS) is 12.3. The minimum absolute atomic E-state index is 0.323. The van der Waals surface area contributed by atoms with E-state index in [0.717, 1.165) is 23.4 Å². The Balaban J connectivity index is 1.71. The highest BCUT2D eigenvalue weighted by atomic mass is 15.3. The summed E-state index contributed by atoms with van der Waals surface area (Å²) in [6.07, 6.45) is 3.36. The van der Waals surface area contributed by atoms with Crippen LogP contribution in [-0.2, 0) is 7.05 Å². The van der Waals surface area contributed by atoms with Crippen LogP contribution in [-0.4, -0.2) is 39.4 Å². The summed E-state index contributed by atoms with van der Waals surface area (Å²) in [5.74, 6) is 0.825. The van der Waals surface area contributed by atoms with Crippen molar-refractivity contribution < 1.29 is 0 Å². The van der Waals surface area contributed by atoms with Crippen LogP contribution in [0.5, 0.6) is 0 Å². The van der Waals surface area contributed by atoms with Gasteiger partial charge in [-0.2, -0.15) is 5.10 Å². The molecular weight excluding hydrogens is 276 g/mol. The summed E-state index contributed by atoms with van der Waals surface area (Å²) >= 11 is 0. The molecule has 0 aliphatic carbocycles. The van der Waals surface area contributed by atoms with Gasteiger partial charge in [-0.3, -0.25) is 4.68 Å². The SMILES string of the molecule is C[C@H](CNc1ncnc2c1cnn2C)N(C)c1ccccc1. The first-order chi connectivity index (χ1) is 10.7. The number of hydrogen-bond donors (Lipinski definition) is 1. The van der Waals surface area contributed by atoms with Crippen LogP contribution in [0, 0.1) is 0 Å². The van der Waals surface area contributed by atoms with Crippen molar-refractivity contribution in [2.45, 2.75) is 13.0 Å². The molecule has 0 radical (unpaired) electrons. The second-order valence-electron chi connectivity index (χ2n) is 5.40. The van der Waals surface area contributed by atoms with Crippen molar-refractivity contribution in [3.05, 3.63) is 42.9 Å². The van der Waals surface area contributed by atoms with Crippen molar-refractivity contribution in [3.63, 3.8) is 0 Å². The average Bonchev–Trinajstić information content (AvgIpc) is 2.95. The standard InChI is InChI=1S/C16H20N6/c1-12(21(2)13-7-5-4-6-8-13)9-17-15-14-10-20-22(3)16(14)19-11-18-15/h4-8,10-12H,9H2,1-3H3,(H,17,18,19)/t12-/m1/s1. The molecule has 6 nitrogen and oxygen atoms in total. The number of hydrogen-bond acceptors (Lipinski definition) is 5. The topological polar surface area (TPSA) is 58.9 Å². The van der Waals surface area contributed by atoms with Gasteiger partial charge < -0.3 is 10.2 Å². The molecule has 114 valence electrons. The zero-order chi connectivity index (χ0) is 15.5. The van der Waals surface area contributed by atoms with Crippen molar-refractivity contribution in [2.24, 2.45) is 7.05 Å². The Morgan fingerprint density at radius 1 is 1.23 bits per heavy atom. The Hall–Kier alpha value is -2.63. The smallest absolute Gasteiger partial charge is 0.163 e. The minimum atomic E-state index is 0.323. The lowest BCUT2D eigenvalue weighted by Crippen LogP contribution is -2.34. The summed E-state index contributed by atoms with van der Waals surface area (Å²) in [6, 6.07) is 10.7. The molecular formula is C16H20N6. The Morgan fingerprint density at radius 2 is 2.00 bits per heavy atom. The molecule has 1 atom stereocenters. The lowest BCUT2D eigenvalue weighted by atomic mass is 10.2. The van der Waals surface area contributed by atoms with Gasteiger partial charge in [-0.1, -0.05) is 18.2 Å². The molecule has 1 N–H and O–H groups in total. The third kappa shape index (κ3) is 2.72. The van der Waals surface area contributed by atoms with Crippen molar-refractivity contribution in [1.29, 1.82) is 0 Å². The maximum absolute atomic E-state index is 4.33. The van der Waals surface area contributed by atoms with E-state index in [1.807, 2.05) is 13.1 Å². The van der Waals surface area contributed by atoms with E-state index in [9.17, 15) is 0 Å². The van der Waals surface area contributed by atoms with Crippen LogP contribution in [0.1, 0.15) is 6.92 Å². The van der Waals surface area contributed by atoms with Crippen molar-refractivity contribution in [2.75, 3.05) is 23.8 Å². The number of rotatable bonds is 5. The molecule has 0 fully saturated rings. The van der Waals surface area contributed by atoms with Crippen LogP contribution in [0.2, 0.25) is 0 Å². The number of benzene rings is 1. The summed E-state index contributed by atoms with van der Waals surface area (Å²) in [5.41, 5.74) is 2.03. The highest BCUT2D eigenvalue weighted by molar-refractivity contribution is 5.85. The monoisotopic (exact) mass is 296 g/mol. The zero-order valence-electron chi connectivity index (χ0n) is 13.1. The molecule has 0 saturated heterocycles. The van der Waals surface area contributed by atoms with E-state index in [4.69, 9.17) is 0 Å². The zero-order valence-corrected chi connectivity index (χ0v) is 13.1. The van der Waals surface area contributed by atoms with Crippen LogP contribution in [0.3, 0.4) is 0 Å². The van der Waals surface area contributed by atoms with Gasteiger partial charge in [0, 0.05) is 32.4 Å². The Labute approximate surface area is 129 Å². The molecule has 0 saturated carbocycles. The van der Waals surface area contributed by atoms with E-state index in [1.54, 1.807) is 17.2 Å². The predicted molar refractivity (Wildman–Crippen MR) is 89.1 cm³/mol. The first-order valence-electron chi connectivity index (χ1n) is 7.31. The molecule has 3 aromatic rings. The summed E-state index contributed by atoms with van der Waals surface area (Å²) in [6.45, 7) is 2.97. The molecule has 0 unspecified atom stereocenters. The fraction of sp³-hybridized carbons (Fsp3) is 0.312. The maximum atomic E-state index is 4.33. The summed E-state index contributed by atoms with van der Waals surface area (Å²) in [4.78, 5) is 10.8. The molecule has 0 aliphatic heterocycles. The Kier molecular flexibility index (Phi) is 3.91. The van der Waals surface area contributed by atoms with Crippen LogP contribution in [0.15, 0.2) is 42.9 Å². The molecule has 0 bridgehead atoms. The lowest BCUT2D eigenvalue weighted by molar-refractivity contribution is 0.715. The van der Waals surface area contributed by atoms with E-state index >= 15 is 0 Å². The van der Waals surface area contributed by atoms with Gasteiger partial charge >= 0.3 is 0 Å². The molecule has 2 aromatic heterocycles. The fourth-order valence-corrected chi connectivity index (χ4v) is 2.40. The number of aryl methyl sites for hydroxylation is 1. The van der Waals surface area contributed by atoms with E-state index < -0.39 is 0 Å². The lowest BCUT2D eigenvalue weighted by Gasteiger charge is -2.27. The fourth-order valence-electron chi connectivity index (χ4n) is 2.40. The van der Waals surface area contributed by atoms with E-state index in [-0.39, 0.29) is 0 Å². The first-order valence-corrected chi connectivity index (χ1v) is 7.31. The third-order valence-corrected chi connectivity index (χ3v) is 3.92. The Morgan fingerprint density at radius 3 is 2.77 bits per heavy atom. The van der Waals surface area contributed by atoms with Gasteiger partial charge in [-0.05, 0) is 19.1 Å². The largest absolute Gasteiger partial charge is 0.370 e. The van der Waals surface area contributed by atoms with Gasteiger partial charge in [0.05, 0.1) is 11.6 Å². The molecule has 0 spiro atoms. The van der Waals surface area contributed by atoms with Gasteiger partial charge in [0.25, 0.3) is 0 Å². The summed E-state index contributed by atoms with van der Waals surface area (Å²) in [5, 5.41) is 8.58. The van der Waals surface area contributed by atoms with E-state index in [1.165, 1.54) is 5.69 Å². The average molecular weight is 296 g/mol. The van der Waals surface area contributed by atoms with Crippen LogP contribution >= 0.6 is 0 Å². The van der Waals surface area contributed by atoms with Gasteiger partial charge in [0.15, 0.2) is 5.65 Å². The van der Waals surface area contributed by atoms with Crippen molar-refractivity contribution in [3.8, 4) is 0 Å². The van der Waals surface area contributed by atoms with E-state index in [2.05, 4.69) is 63.5 Å². The third-order valence-electron chi connectivity index (χ3n) is 3.92. The number of aromatic nitrogens is 4. The number of nitrogens with zero attached hydrogens (tertiary/aromatic N) is 5. The predicted octanol–water partition coefficient (Wildman–Crippen LogP) is 2.30.